The highest BCUT2D eigenvalue weighted by Gasteiger charge is 2.22. The summed E-state index contributed by atoms with van der Waals surface area (Å²) in [5.74, 6) is 1.17. The maximum Gasteiger partial charge on any atom is 0.248 e. The lowest BCUT2D eigenvalue weighted by Crippen LogP contribution is -2.49. The van der Waals surface area contributed by atoms with Gasteiger partial charge in [-0.25, -0.2) is 0 Å². The van der Waals surface area contributed by atoms with Gasteiger partial charge in [-0.3, -0.25) is 9.69 Å². The van der Waals surface area contributed by atoms with Gasteiger partial charge in [0.25, 0.3) is 0 Å². The van der Waals surface area contributed by atoms with Crippen molar-refractivity contribution in [2.45, 2.75) is 6.54 Å². The predicted octanol–water partition coefficient (Wildman–Crippen LogP) is 1.03. The third-order valence-corrected chi connectivity index (χ3v) is 3.84. The van der Waals surface area contributed by atoms with E-state index in [0.717, 1.165) is 18.7 Å². The van der Waals surface area contributed by atoms with E-state index in [1.54, 1.807) is 0 Å². The molecule has 122 valence electrons. The number of rotatable bonds is 5. The van der Waals surface area contributed by atoms with Crippen molar-refractivity contribution in [3.05, 3.63) is 36.2 Å². The molecule has 2 heterocycles. The van der Waals surface area contributed by atoms with Gasteiger partial charge in [0.15, 0.2) is 0 Å². The van der Waals surface area contributed by atoms with Crippen LogP contribution < -0.4 is 0 Å². The lowest BCUT2D eigenvalue weighted by atomic mass is 10.2. The minimum absolute atomic E-state index is 0.0382. The first-order chi connectivity index (χ1) is 11.3. The van der Waals surface area contributed by atoms with Crippen molar-refractivity contribution in [2.24, 2.45) is 0 Å². The molecule has 3 rings (SSSR count). The van der Waals surface area contributed by atoms with Crippen LogP contribution in [-0.4, -0.2) is 65.8 Å². The first-order valence-electron chi connectivity index (χ1n) is 7.63. The largest absolute Gasteiger partial charge is 0.419 e. The van der Waals surface area contributed by atoms with Crippen molar-refractivity contribution in [1.82, 2.24) is 20.0 Å². The SMILES string of the molecule is COCC(=O)N1CCN(Cc2nnc(-c3ccccc3)o2)CC1. The Hall–Kier alpha value is -2.25. The van der Waals surface area contributed by atoms with Gasteiger partial charge in [0.1, 0.15) is 6.61 Å². The number of nitrogens with zero attached hydrogens (tertiary/aromatic N) is 4. The molecule has 0 unspecified atom stereocenters. The summed E-state index contributed by atoms with van der Waals surface area (Å²) in [7, 11) is 1.54. The van der Waals surface area contributed by atoms with E-state index in [2.05, 4.69) is 15.1 Å². The van der Waals surface area contributed by atoms with Gasteiger partial charge in [0.2, 0.25) is 17.7 Å². The first kappa shape index (κ1) is 15.6. The molecule has 1 saturated heterocycles. The number of ether oxygens (including phenoxy) is 1. The van der Waals surface area contributed by atoms with E-state index in [1.807, 2.05) is 35.2 Å². The molecule has 7 nitrogen and oxygen atoms in total. The maximum absolute atomic E-state index is 11.8. The fourth-order valence-electron chi connectivity index (χ4n) is 2.58. The molecule has 23 heavy (non-hydrogen) atoms. The zero-order chi connectivity index (χ0) is 16.1. The van der Waals surface area contributed by atoms with E-state index >= 15 is 0 Å². The molecule has 1 aromatic carbocycles. The molecule has 0 aliphatic carbocycles. The lowest BCUT2D eigenvalue weighted by molar-refractivity contribution is -0.137. The van der Waals surface area contributed by atoms with Crippen LogP contribution in [0.2, 0.25) is 0 Å². The zero-order valence-electron chi connectivity index (χ0n) is 13.1. The lowest BCUT2D eigenvalue weighted by Gasteiger charge is -2.33. The van der Waals surface area contributed by atoms with Crippen LogP contribution in [0.4, 0.5) is 0 Å². The van der Waals surface area contributed by atoms with Crippen LogP contribution >= 0.6 is 0 Å². The summed E-state index contributed by atoms with van der Waals surface area (Å²) in [6, 6.07) is 9.71. The molecule has 0 atom stereocenters. The van der Waals surface area contributed by atoms with Crippen molar-refractivity contribution in [2.75, 3.05) is 39.9 Å². The molecular weight excluding hydrogens is 296 g/mol. The summed E-state index contributed by atoms with van der Waals surface area (Å²) in [5.41, 5.74) is 0.918. The predicted molar refractivity (Wildman–Crippen MR) is 83.5 cm³/mol. The molecule has 1 amide bonds. The maximum atomic E-state index is 11.8. The summed E-state index contributed by atoms with van der Waals surface area (Å²) in [6.45, 7) is 3.72. The quantitative estimate of drug-likeness (QED) is 0.820. The molecule has 0 spiro atoms. The number of piperazine rings is 1. The molecule has 0 saturated carbocycles. The number of benzene rings is 1. The minimum Gasteiger partial charge on any atom is -0.419 e. The molecule has 0 radical (unpaired) electrons. The minimum atomic E-state index is 0.0382. The van der Waals surface area contributed by atoms with Gasteiger partial charge in [0, 0.05) is 38.9 Å². The molecule has 1 aliphatic rings. The van der Waals surface area contributed by atoms with E-state index in [-0.39, 0.29) is 12.5 Å². The molecule has 1 fully saturated rings. The fraction of sp³-hybridized carbons (Fsp3) is 0.438. The van der Waals surface area contributed by atoms with Gasteiger partial charge in [-0.15, -0.1) is 10.2 Å². The second-order valence-electron chi connectivity index (χ2n) is 5.46. The van der Waals surface area contributed by atoms with Gasteiger partial charge < -0.3 is 14.1 Å². The molecule has 2 aromatic rings. The Morgan fingerprint density at radius 2 is 1.91 bits per heavy atom. The van der Waals surface area contributed by atoms with Crippen LogP contribution in [0.3, 0.4) is 0 Å². The third kappa shape index (κ3) is 3.94. The number of amides is 1. The summed E-state index contributed by atoms with van der Waals surface area (Å²) >= 11 is 0. The highest BCUT2D eigenvalue weighted by atomic mass is 16.5. The average molecular weight is 316 g/mol. The number of hydrogen-bond acceptors (Lipinski definition) is 6. The number of carbonyl (C=O) groups is 1. The van der Waals surface area contributed by atoms with Crippen LogP contribution in [0.25, 0.3) is 11.5 Å². The highest BCUT2D eigenvalue weighted by molar-refractivity contribution is 5.77. The summed E-state index contributed by atoms with van der Waals surface area (Å²) in [6.07, 6.45) is 0. The Labute approximate surface area is 134 Å². The van der Waals surface area contributed by atoms with E-state index in [9.17, 15) is 4.79 Å². The Balaban J connectivity index is 1.53. The van der Waals surface area contributed by atoms with Gasteiger partial charge in [0.05, 0.1) is 6.54 Å². The Bertz CT molecular complexity index is 636. The fourth-order valence-corrected chi connectivity index (χ4v) is 2.58. The zero-order valence-corrected chi connectivity index (χ0v) is 13.1. The smallest absolute Gasteiger partial charge is 0.248 e. The molecular formula is C16H20N4O3. The Morgan fingerprint density at radius 1 is 1.17 bits per heavy atom. The number of hydrogen-bond donors (Lipinski definition) is 0. The van der Waals surface area contributed by atoms with E-state index < -0.39 is 0 Å². The van der Waals surface area contributed by atoms with Crippen LogP contribution in [0, 0.1) is 0 Å². The number of methoxy groups -OCH3 is 1. The van der Waals surface area contributed by atoms with Crippen molar-refractivity contribution in [3.8, 4) is 11.5 Å². The van der Waals surface area contributed by atoms with Gasteiger partial charge in [-0.1, -0.05) is 18.2 Å². The van der Waals surface area contributed by atoms with E-state index in [4.69, 9.17) is 9.15 Å². The Kier molecular flexibility index (Phi) is 4.99. The standard InChI is InChI=1S/C16H20N4O3/c1-22-12-15(21)20-9-7-19(8-10-20)11-14-17-18-16(23-14)13-5-3-2-4-6-13/h2-6H,7-12H2,1H3. The first-order valence-corrected chi connectivity index (χ1v) is 7.63. The summed E-state index contributed by atoms with van der Waals surface area (Å²) in [5, 5.41) is 8.21. The summed E-state index contributed by atoms with van der Waals surface area (Å²) < 4.78 is 10.6. The van der Waals surface area contributed by atoms with Crippen molar-refractivity contribution < 1.29 is 13.9 Å². The van der Waals surface area contributed by atoms with Crippen LogP contribution in [0.1, 0.15) is 5.89 Å². The normalized spacial score (nSPS) is 15.8. The molecule has 0 N–H and O–H groups in total. The summed E-state index contributed by atoms with van der Waals surface area (Å²) in [4.78, 5) is 15.8. The highest BCUT2D eigenvalue weighted by Crippen LogP contribution is 2.18. The second kappa shape index (κ2) is 7.34. The molecule has 0 bridgehead atoms. The number of aromatic nitrogens is 2. The average Bonchev–Trinajstić information content (AvgIpc) is 3.05. The van der Waals surface area contributed by atoms with Crippen LogP contribution in [0.5, 0.6) is 0 Å². The van der Waals surface area contributed by atoms with Gasteiger partial charge in [-0.2, -0.15) is 0 Å². The Morgan fingerprint density at radius 3 is 2.61 bits per heavy atom. The van der Waals surface area contributed by atoms with Gasteiger partial charge in [-0.05, 0) is 12.1 Å². The van der Waals surface area contributed by atoms with E-state index in [0.29, 0.717) is 31.4 Å². The van der Waals surface area contributed by atoms with Crippen molar-refractivity contribution in [3.63, 3.8) is 0 Å². The topological polar surface area (TPSA) is 71.7 Å². The van der Waals surface area contributed by atoms with Crippen molar-refractivity contribution in [1.29, 1.82) is 0 Å². The van der Waals surface area contributed by atoms with Gasteiger partial charge >= 0.3 is 0 Å². The van der Waals surface area contributed by atoms with Crippen molar-refractivity contribution >= 4 is 5.91 Å². The monoisotopic (exact) mass is 316 g/mol. The molecule has 1 aliphatic heterocycles. The van der Waals surface area contributed by atoms with E-state index in [1.165, 1.54) is 7.11 Å². The second-order valence-corrected chi connectivity index (χ2v) is 5.46. The third-order valence-electron chi connectivity index (χ3n) is 3.84. The van der Waals surface area contributed by atoms with Crippen LogP contribution in [-0.2, 0) is 16.1 Å². The van der Waals surface area contributed by atoms with Crippen LogP contribution in [0.15, 0.2) is 34.7 Å². The molecule has 1 aromatic heterocycles. The number of carbonyl (C=O) groups excluding carboxylic acids is 1. The molecule has 7 heteroatoms.